The topological polar surface area (TPSA) is 24.7 Å². The van der Waals surface area contributed by atoms with E-state index >= 15 is 0 Å². The van der Waals surface area contributed by atoms with E-state index in [1.165, 1.54) is 32.3 Å². The Labute approximate surface area is 195 Å². The molecular weight excluding hydrogens is 416 g/mol. The molecule has 2 aliphatic heterocycles. The Balaban J connectivity index is 1.71. The molecule has 0 N–H and O–H groups in total. The molecule has 0 spiro atoms. The van der Waals surface area contributed by atoms with E-state index in [1.54, 1.807) is 0 Å². The molecule has 0 amide bonds. The summed E-state index contributed by atoms with van der Waals surface area (Å²) in [5.41, 5.74) is 5.49. The van der Waals surface area contributed by atoms with Crippen LogP contribution in [0, 0.1) is 17.3 Å². The molecule has 162 valence electrons. The van der Waals surface area contributed by atoms with Gasteiger partial charge in [-0.25, -0.2) is 0 Å². The number of hydrogen-bond donors (Lipinski definition) is 0. The zero-order valence-corrected chi connectivity index (χ0v) is 20.6. The van der Waals surface area contributed by atoms with Crippen LogP contribution in [0.15, 0.2) is 58.5 Å². The van der Waals surface area contributed by atoms with Gasteiger partial charge in [0, 0.05) is 11.5 Å². The first-order valence-electron chi connectivity index (χ1n) is 11.6. The minimum absolute atomic E-state index is 0.134. The predicted octanol–water partition coefficient (Wildman–Crippen LogP) is 6.78. The fourth-order valence-corrected chi connectivity index (χ4v) is 8.06. The van der Waals surface area contributed by atoms with Crippen LogP contribution in [0.5, 0.6) is 0 Å². The van der Waals surface area contributed by atoms with Crippen molar-refractivity contribution in [3.05, 3.63) is 59.7 Å². The zero-order chi connectivity index (χ0) is 21.6. The van der Waals surface area contributed by atoms with E-state index in [0.29, 0.717) is 23.9 Å². The Kier molecular flexibility index (Phi) is 5.81. The number of fused-ring (bicyclic) bond motifs is 3. The summed E-state index contributed by atoms with van der Waals surface area (Å²) in [7, 11) is 0. The highest BCUT2D eigenvalue weighted by Gasteiger charge is 2.48. The van der Waals surface area contributed by atoms with Crippen LogP contribution in [0.1, 0.15) is 38.8 Å². The first kappa shape index (κ1) is 21.3. The first-order valence-corrected chi connectivity index (χ1v) is 13.5. The molecular formula is C27H32N2S2. The minimum Gasteiger partial charge on any atom is -0.277 e. The lowest BCUT2D eigenvalue weighted by atomic mass is 9.79. The summed E-state index contributed by atoms with van der Waals surface area (Å²) in [5, 5.41) is 2.65. The van der Waals surface area contributed by atoms with Gasteiger partial charge < -0.3 is 0 Å². The second kappa shape index (κ2) is 8.44. The van der Waals surface area contributed by atoms with E-state index in [4.69, 9.17) is 9.98 Å². The Hall–Kier alpha value is -1.52. The molecule has 5 rings (SSSR count). The third-order valence-electron chi connectivity index (χ3n) is 7.01. The van der Waals surface area contributed by atoms with Gasteiger partial charge in [-0.05, 0) is 46.9 Å². The molecule has 4 heteroatoms. The smallest absolute Gasteiger partial charge is 0.0814 e. The van der Waals surface area contributed by atoms with Gasteiger partial charge in [-0.15, -0.1) is 23.5 Å². The maximum absolute atomic E-state index is 5.37. The third-order valence-corrected chi connectivity index (χ3v) is 9.57. The summed E-state index contributed by atoms with van der Waals surface area (Å²) >= 11 is 3.99. The summed E-state index contributed by atoms with van der Waals surface area (Å²) in [6.45, 7) is 9.22. The van der Waals surface area contributed by atoms with Crippen molar-refractivity contribution >= 4 is 33.6 Å². The predicted molar refractivity (Wildman–Crippen MR) is 139 cm³/mol. The summed E-state index contributed by atoms with van der Waals surface area (Å²) in [6.07, 6.45) is 1.98. The van der Waals surface area contributed by atoms with E-state index in [-0.39, 0.29) is 5.41 Å². The van der Waals surface area contributed by atoms with Crippen molar-refractivity contribution in [2.45, 2.75) is 52.6 Å². The van der Waals surface area contributed by atoms with Gasteiger partial charge in [-0.2, -0.15) is 0 Å². The Morgan fingerprint density at radius 3 is 1.52 bits per heavy atom. The number of aliphatic imine (C=N–C) groups is 2. The molecule has 31 heavy (non-hydrogen) atoms. The van der Waals surface area contributed by atoms with Gasteiger partial charge >= 0.3 is 0 Å². The van der Waals surface area contributed by atoms with E-state index in [1.807, 2.05) is 23.5 Å². The number of nitrogens with zero attached hydrogens (tertiary/aromatic N) is 2. The average molecular weight is 449 g/mol. The summed E-state index contributed by atoms with van der Waals surface area (Å²) in [6, 6.07) is 18.8. The van der Waals surface area contributed by atoms with E-state index < -0.39 is 0 Å². The standard InChI is InChI=1S/C27H32N2S2/c1-17(2)23-15-30-25(28-23)27(26-29-24(16-31-26)18(3)4)13-19-9-5-7-11-21(19)22-12-8-6-10-20(22)14-27/h5-12,17-18,23-24H,13-16H2,1-4H3/t23-,24-/m1/s1. The van der Waals surface area contributed by atoms with E-state index in [0.717, 1.165) is 24.3 Å². The molecule has 2 aromatic rings. The van der Waals surface area contributed by atoms with Gasteiger partial charge in [-0.1, -0.05) is 76.2 Å². The number of thioether (sulfide) groups is 2. The highest BCUT2D eigenvalue weighted by Crippen LogP contribution is 2.49. The second-order valence-electron chi connectivity index (χ2n) is 9.86. The molecule has 2 atom stereocenters. The van der Waals surface area contributed by atoms with Crippen LogP contribution in [0.2, 0.25) is 0 Å². The Morgan fingerprint density at radius 2 is 1.13 bits per heavy atom. The van der Waals surface area contributed by atoms with Crippen LogP contribution in [-0.2, 0) is 12.8 Å². The van der Waals surface area contributed by atoms with Gasteiger partial charge in [0.1, 0.15) is 0 Å². The summed E-state index contributed by atoms with van der Waals surface area (Å²) < 4.78 is 0. The fraction of sp³-hybridized carbons (Fsp3) is 0.481. The SMILES string of the molecule is CC(C)[C@H]1CSC(C2(C3=N[C@@H](C(C)C)CS3)Cc3ccccc3-c3ccccc3C2)=N1. The molecule has 0 saturated carbocycles. The molecule has 1 aliphatic carbocycles. The van der Waals surface area contributed by atoms with Crippen LogP contribution in [0.25, 0.3) is 11.1 Å². The Bertz CT molecular complexity index is 954. The lowest BCUT2D eigenvalue weighted by Crippen LogP contribution is -2.39. The third kappa shape index (κ3) is 3.80. The van der Waals surface area contributed by atoms with Gasteiger partial charge in [-0.3, -0.25) is 9.98 Å². The molecule has 2 heterocycles. The largest absolute Gasteiger partial charge is 0.277 e. The number of rotatable bonds is 4. The van der Waals surface area contributed by atoms with Crippen LogP contribution in [-0.4, -0.2) is 33.7 Å². The van der Waals surface area contributed by atoms with Crippen molar-refractivity contribution in [3.63, 3.8) is 0 Å². The molecule has 0 radical (unpaired) electrons. The van der Waals surface area contributed by atoms with Crippen LogP contribution in [0.4, 0.5) is 0 Å². The van der Waals surface area contributed by atoms with Crippen molar-refractivity contribution in [1.29, 1.82) is 0 Å². The highest BCUT2D eigenvalue weighted by molar-refractivity contribution is 8.16. The molecule has 2 nitrogen and oxygen atoms in total. The minimum atomic E-state index is -0.134. The number of benzene rings is 2. The van der Waals surface area contributed by atoms with Gasteiger partial charge in [0.15, 0.2) is 0 Å². The molecule has 0 aromatic heterocycles. The maximum Gasteiger partial charge on any atom is 0.0814 e. The van der Waals surface area contributed by atoms with E-state index in [2.05, 4.69) is 76.2 Å². The number of hydrogen-bond acceptors (Lipinski definition) is 4. The van der Waals surface area contributed by atoms with Crippen molar-refractivity contribution in [2.75, 3.05) is 11.5 Å². The maximum atomic E-state index is 5.37. The van der Waals surface area contributed by atoms with Gasteiger partial charge in [0.05, 0.1) is 27.6 Å². The van der Waals surface area contributed by atoms with Crippen LogP contribution in [0.3, 0.4) is 0 Å². The van der Waals surface area contributed by atoms with Crippen LogP contribution < -0.4 is 0 Å². The fourth-order valence-electron chi connectivity index (χ4n) is 4.97. The molecule has 0 bridgehead atoms. The molecule has 0 fully saturated rings. The lowest BCUT2D eigenvalue weighted by Gasteiger charge is -2.33. The van der Waals surface area contributed by atoms with Crippen molar-refractivity contribution in [1.82, 2.24) is 0 Å². The van der Waals surface area contributed by atoms with E-state index in [9.17, 15) is 0 Å². The van der Waals surface area contributed by atoms with Crippen molar-refractivity contribution in [3.8, 4) is 11.1 Å². The summed E-state index contributed by atoms with van der Waals surface area (Å²) in [5.74, 6) is 3.36. The molecule has 0 saturated heterocycles. The van der Waals surface area contributed by atoms with Crippen LogP contribution >= 0.6 is 23.5 Å². The average Bonchev–Trinajstić information content (AvgIpc) is 3.42. The van der Waals surface area contributed by atoms with Crippen molar-refractivity contribution < 1.29 is 0 Å². The highest BCUT2D eigenvalue weighted by atomic mass is 32.2. The van der Waals surface area contributed by atoms with Crippen molar-refractivity contribution in [2.24, 2.45) is 27.2 Å². The second-order valence-corrected chi connectivity index (χ2v) is 11.9. The van der Waals surface area contributed by atoms with Gasteiger partial charge in [0.2, 0.25) is 0 Å². The first-order chi connectivity index (χ1) is 15.0. The molecule has 3 aliphatic rings. The zero-order valence-electron chi connectivity index (χ0n) is 19.0. The Morgan fingerprint density at radius 1 is 0.710 bits per heavy atom. The lowest BCUT2D eigenvalue weighted by molar-refractivity contribution is 0.523. The summed E-state index contributed by atoms with van der Waals surface area (Å²) in [4.78, 5) is 10.7. The quantitative estimate of drug-likeness (QED) is 0.515. The molecule has 2 aromatic carbocycles. The monoisotopic (exact) mass is 448 g/mol. The molecule has 0 unspecified atom stereocenters. The van der Waals surface area contributed by atoms with Gasteiger partial charge in [0.25, 0.3) is 0 Å². The normalized spacial score (nSPS) is 24.6.